The Morgan fingerprint density at radius 2 is 1.73 bits per heavy atom. The molecule has 2 unspecified atom stereocenters. The number of anilines is 1. The predicted molar refractivity (Wildman–Crippen MR) is 116 cm³/mol. The molecule has 2 atom stereocenters. The molecule has 2 heterocycles. The van der Waals surface area contributed by atoms with E-state index in [0.29, 0.717) is 18.1 Å². The summed E-state index contributed by atoms with van der Waals surface area (Å²) in [6.07, 6.45) is -0.125. The van der Waals surface area contributed by atoms with Gasteiger partial charge in [-0.05, 0) is 57.2 Å². The minimum absolute atomic E-state index is 0.0626. The van der Waals surface area contributed by atoms with Gasteiger partial charge < -0.3 is 14.1 Å². The molecule has 1 fully saturated rings. The van der Waals surface area contributed by atoms with Crippen molar-refractivity contribution in [2.24, 2.45) is 0 Å². The molecule has 8 heteroatoms. The van der Waals surface area contributed by atoms with E-state index in [4.69, 9.17) is 20.8 Å². The standard InChI is InChI=1S/C22H23ClN2O4S/c1-14-5-4-6-17(11-14)20-24-21(30(26,27)19-9-7-18(23)8-10-19)22(29-20)25-12-15(2)28-16(3)13-25/h4-11,15-16H,12-13H2,1-3H3. The van der Waals surface area contributed by atoms with E-state index >= 15 is 0 Å². The zero-order valence-corrected chi connectivity index (χ0v) is 18.6. The molecule has 6 nitrogen and oxygen atoms in total. The summed E-state index contributed by atoms with van der Waals surface area (Å²) in [5.74, 6) is 0.511. The molecular formula is C22H23ClN2O4S. The van der Waals surface area contributed by atoms with Gasteiger partial charge in [-0.15, -0.1) is 0 Å². The number of aromatic nitrogens is 1. The van der Waals surface area contributed by atoms with Crippen molar-refractivity contribution in [2.75, 3.05) is 18.0 Å². The van der Waals surface area contributed by atoms with Crippen LogP contribution in [0.1, 0.15) is 19.4 Å². The molecule has 0 bridgehead atoms. The first kappa shape index (κ1) is 20.9. The minimum Gasteiger partial charge on any atom is -0.419 e. The van der Waals surface area contributed by atoms with Crippen LogP contribution in [0.3, 0.4) is 0 Å². The van der Waals surface area contributed by atoms with Crippen molar-refractivity contribution in [1.82, 2.24) is 4.98 Å². The van der Waals surface area contributed by atoms with Crippen LogP contribution in [0.5, 0.6) is 0 Å². The van der Waals surface area contributed by atoms with Crippen molar-refractivity contribution in [3.05, 3.63) is 59.1 Å². The van der Waals surface area contributed by atoms with Crippen LogP contribution in [0.4, 0.5) is 5.88 Å². The van der Waals surface area contributed by atoms with Crippen LogP contribution in [-0.2, 0) is 14.6 Å². The van der Waals surface area contributed by atoms with Crippen LogP contribution in [0, 0.1) is 6.92 Å². The first-order valence-corrected chi connectivity index (χ1v) is 11.6. The molecule has 0 saturated carbocycles. The van der Waals surface area contributed by atoms with Gasteiger partial charge in [0.25, 0.3) is 0 Å². The number of aryl methyl sites for hydroxylation is 1. The quantitative estimate of drug-likeness (QED) is 0.575. The molecule has 4 rings (SSSR count). The van der Waals surface area contributed by atoms with Crippen molar-refractivity contribution in [3.63, 3.8) is 0 Å². The molecule has 0 radical (unpaired) electrons. The second-order valence-electron chi connectivity index (χ2n) is 7.62. The molecule has 0 amide bonds. The van der Waals surface area contributed by atoms with Gasteiger partial charge in [-0.3, -0.25) is 0 Å². The maximum absolute atomic E-state index is 13.5. The van der Waals surface area contributed by atoms with Gasteiger partial charge >= 0.3 is 0 Å². The van der Waals surface area contributed by atoms with Crippen molar-refractivity contribution < 1.29 is 17.6 Å². The number of rotatable bonds is 4. The fraction of sp³-hybridized carbons (Fsp3) is 0.318. The lowest BCUT2D eigenvalue weighted by molar-refractivity contribution is -0.00657. The number of oxazole rings is 1. The Morgan fingerprint density at radius 3 is 2.37 bits per heavy atom. The highest BCUT2D eigenvalue weighted by Crippen LogP contribution is 2.36. The summed E-state index contributed by atoms with van der Waals surface area (Å²) >= 11 is 5.94. The summed E-state index contributed by atoms with van der Waals surface area (Å²) in [6, 6.07) is 13.7. The van der Waals surface area contributed by atoms with Crippen LogP contribution in [-0.4, -0.2) is 38.7 Å². The van der Waals surface area contributed by atoms with Crippen LogP contribution >= 0.6 is 11.6 Å². The minimum atomic E-state index is -3.91. The topological polar surface area (TPSA) is 72.6 Å². The summed E-state index contributed by atoms with van der Waals surface area (Å²) in [7, 11) is -3.91. The molecule has 1 aliphatic heterocycles. The van der Waals surface area contributed by atoms with Gasteiger partial charge in [0.1, 0.15) is 0 Å². The summed E-state index contributed by atoms with van der Waals surface area (Å²) in [4.78, 5) is 6.46. The van der Waals surface area contributed by atoms with Gasteiger partial charge in [0.2, 0.25) is 26.6 Å². The van der Waals surface area contributed by atoms with E-state index in [1.54, 1.807) is 12.1 Å². The molecule has 3 aromatic rings. The second kappa shape index (κ2) is 8.06. The van der Waals surface area contributed by atoms with E-state index in [2.05, 4.69) is 4.98 Å². The summed E-state index contributed by atoms with van der Waals surface area (Å²) in [6.45, 7) is 6.89. The molecule has 2 aromatic carbocycles. The summed E-state index contributed by atoms with van der Waals surface area (Å²) in [5, 5.41) is 0.369. The van der Waals surface area contributed by atoms with E-state index in [1.165, 1.54) is 12.1 Å². The average molecular weight is 447 g/mol. The fourth-order valence-electron chi connectivity index (χ4n) is 3.64. The lowest BCUT2D eigenvalue weighted by Crippen LogP contribution is -2.45. The van der Waals surface area contributed by atoms with Crippen LogP contribution in [0.15, 0.2) is 62.9 Å². The number of benzene rings is 2. The Balaban J connectivity index is 1.86. The SMILES string of the molecule is Cc1cccc(-c2nc(S(=O)(=O)c3ccc(Cl)cc3)c(N3CC(C)OC(C)C3)o2)c1. The van der Waals surface area contributed by atoms with E-state index in [0.717, 1.165) is 11.1 Å². The van der Waals surface area contributed by atoms with Gasteiger partial charge in [0.05, 0.1) is 17.1 Å². The first-order chi connectivity index (χ1) is 14.2. The normalized spacial score (nSPS) is 19.8. The van der Waals surface area contributed by atoms with Crippen molar-refractivity contribution in [3.8, 4) is 11.5 Å². The van der Waals surface area contributed by atoms with Gasteiger partial charge in [-0.2, -0.15) is 4.98 Å². The predicted octanol–water partition coefficient (Wildman–Crippen LogP) is 4.75. The zero-order chi connectivity index (χ0) is 21.5. The molecule has 0 N–H and O–H groups in total. The zero-order valence-electron chi connectivity index (χ0n) is 17.0. The highest BCUT2D eigenvalue weighted by atomic mass is 35.5. The third-order valence-corrected chi connectivity index (χ3v) is 6.85. The van der Waals surface area contributed by atoms with Crippen LogP contribution < -0.4 is 4.90 Å². The number of nitrogens with zero attached hydrogens (tertiary/aromatic N) is 2. The van der Waals surface area contributed by atoms with Gasteiger partial charge in [-0.25, -0.2) is 8.42 Å². The summed E-state index contributed by atoms with van der Waals surface area (Å²) < 4.78 is 38.8. The van der Waals surface area contributed by atoms with Gasteiger partial charge in [-0.1, -0.05) is 29.3 Å². The van der Waals surface area contributed by atoms with E-state index in [1.807, 2.05) is 49.9 Å². The molecule has 1 aromatic heterocycles. The van der Waals surface area contributed by atoms with E-state index < -0.39 is 9.84 Å². The third kappa shape index (κ3) is 4.10. The maximum Gasteiger partial charge on any atom is 0.236 e. The van der Waals surface area contributed by atoms with Crippen LogP contribution in [0.2, 0.25) is 5.02 Å². The molecule has 30 heavy (non-hydrogen) atoms. The molecule has 158 valence electrons. The molecular weight excluding hydrogens is 424 g/mol. The lowest BCUT2D eigenvalue weighted by atomic mass is 10.1. The molecule has 1 saturated heterocycles. The maximum atomic E-state index is 13.5. The smallest absolute Gasteiger partial charge is 0.236 e. The Hall–Kier alpha value is -2.35. The van der Waals surface area contributed by atoms with Crippen LogP contribution in [0.25, 0.3) is 11.5 Å². The second-order valence-corrected chi connectivity index (χ2v) is 9.92. The Morgan fingerprint density at radius 1 is 1.07 bits per heavy atom. The summed E-state index contributed by atoms with van der Waals surface area (Å²) in [5.41, 5.74) is 1.76. The Bertz CT molecular complexity index is 1150. The number of halogens is 1. The number of morpholine rings is 1. The van der Waals surface area contributed by atoms with Crippen molar-refractivity contribution in [1.29, 1.82) is 0 Å². The van der Waals surface area contributed by atoms with E-state index in [-0.39, 0.29) is 33.9 Å². The Labute approximate surface area is 181 Å². The van der Waals surface area contributed by atoms with Crippen molar-refractivity contribution in [2.45, 2.75) is 42.9 Å². The highest BCUT2D eigenvalue weighted by molar-refractivity contribution is 7.91. The monoisotopic (exact) mass is 446 g/mol. The molecule has 0 spiro atoms. The number of sulfone groups is 1. The number of hydrogen-bond acceptors (Lipinski definition) is 6. The number of ether oxygens (including phenoxy) is 1. The molecule has 1 aliphatic rings. The lowest BCUT2D eigenvalue weighted by Gasteiger charge is -2.35. The van der Waals surface area contributed by atoms with Gasteiger partial charge in [0.15, 0.2) is 0 Å². The largest absolute Gasteiger partial charge is 0.419 e. The highest BCUT2D eigenvalue weighted by Gasteiger charge is 2.34. The fourth-order valence-corrected chi connectivity index (χ4v) is 5.09. The number of hydrogen-bond donors (Lipinski definition) is 0. The van der Waals surface area contributed by atoms with Crippen molar-refractivity contribution >= 4 is 27.3 Å². The first-order valence-electron chi connectivity index (χ1n) is 9.73. The van der Waals surface area contributed by atoms with Gasteiger partial charge in [0, 0.05) is 23.7 Å². The third-order valence-electron chi connectivity index (χ3n) is 4.93. The average Bonchev–Trinajstić information content (AvgIpc) is 3.14. The Kier molecular flexibility index (Phi) is 5.61. The molecule has 0 aliphatic carbocycles. The van der Waals surface area contributed by atoms with E-state index in [9.17, 15) is 8.42 Å².